The number of nitrogens with zero attached hydrogens (tertiary/aromatic N) is 3. The molecule has 9 nitrogen and oxygen atoms in total. The molecule has 2 aliphatic rings. The smallest absolute Gasteiger partial charge is 0.328 e. The zero-order valence-electron chi connectivity index (χ0n) is 20.7. The van der Waals surface area contributed by atoms with Crippen LogP contribution in [0, 0.1) is 5.92 Å². The van der Waals surface area contributed by atoms with E-state index in [1.165, 1.54) is 21.5 Å². The number of fused-ring (bicyclic) bond motifs is 6. The second-order valence-electron chi connectivity index (χ2n) is 9.43. The maximum atomic E-state index is 13.1. The molecule has 0 radical (unpaired) electrons. The molecule has 2 atom stereocenters. The largest absolute Gasteiger partial charge is 0.496 e. The van der Waals surface area contributed by atoms with Crippen LogP contribution in [0.25, 0.3) is 20.4 Å². The highest BCUT2D eigenvalue weighted by Gasteiger charge is 2.40. The van der Waals surface area contributed by atoms with Crippen LogP contribution in [-0.2, 0) is 6.54 Å². The zero-order chi connectivity index (χ0) is 24.8. The quantitative estimate of drug-likeness (QED) is 0.355. The van der Waals surface area contributed by atoms with Crippen molar-refractivity contribution < 1.29 is 14.2 Å². The first kappa shape index (κ1) is 25.6. The molecule has 1 saturated heterocycles. The monoisotopic (exact) mass is 544 g/mol. The summed E-state index contributed by atoms with van der Waals surface area (Å²) in [6.45, 7) is 3.97. The second kappa shape index (κ2) is 10.4. The number of hydrogen-bond donors (Lipinski definition) is 1. The number of methoxy groups -OCH3 is 2. The lowest BCUT2D eigenvalue weighted by molar-refractivity contribution is 0.209. The summed E-state index contributed by atoms with van der Waals surface area (Å²) in [7, 11) is 3.28. The summed E-state index contributed by atoms with van der Waals surface area (Å²) < 4.78 is 19.5. The van der Waals surface area contributed by atoms with E-state index in [9.17, 15) is 9.59 Å². The third-order valence-corrected chi connectivity index (χ3v) is 8.46. The van der Waals surface area contributed by atoms with Crippen molar-refractivity contribution in [1.82, 2.24) is 19.4 Å². The number of nitrogens with one attached hydrogen (secondary N) is 1. The third-order valence-electron chi connectivity index (χ3n) is 7.35. The van der Waals surface area contributed by atoms with Crippen molar-refractivity contribution in [2.75, 3.05) is 40.5 Å². The first-order chi connectivity index (χ1) is 17.6. The predicted molar refractivity (Wildman–Crippen MR) is 146 cm³/mol. The van der Waals surface area contributed by atoms with Crippen LogP contribution in [-0.4, -0.2) is 59.9 Å². The SMILES string of the molecule is COc1cnc2c(c1)sc1c(=O)n(CCCCN3C[C@H]4COc5cccc(OC)c5[C@@H]4C3)c(=O)[nH]c12.Cl. The Morgan fingerprint density at radius 2 is 2.00 bits per heavy atom. The van der Waals surface area contributed by atoms with Crippen molar-refractivity contribution in [3.05, 3.63) is 56.9 Å². The Morgan fingerprint density at radius 3 is 2.81 bits per heavy atom. The van der Waals surface area contributed by atoms with Crippen LogP contribution in [0.4, 0.5) is 0 Å². The molecule has 196 valence electrons. The van der Waals surface area contributed by atoms with Gasteiger partial charge in [0.15, 0.2) is 0 Å². The number of likely N-dealkylation sites (tertiary alicyclic amines) is 1. The van der Waals surface area contributed by atoms with E-state index in [2.05, 4.69) is 14.9 Å². The van der Waals surface area contributed by atoms with Gasteiger partial charge < -0.3 is 24.1 Å². The molecule has 5 heterocycles. The van der Waals surface area contributed by atoms with E-state index in [1.807, 2.05) is 24.3 Å². The molecule has 3 aromatic heterocycles. The highest BCUT2D eigenvalue weighted by atomic mass is 35.5. The number of aromatic amines is 1. The fraction of sp³-hybridized carbons (Fsp3) is 0.423. The van der Waals surface area contributed by atoms with Crippen molar-refractivity contribution in [2.45, 2.75) is 25.3 Å². The first-order valence-electron chi connectivity index (χ1n) is 12.2. The van der Waals surface area contributed by atoms with Gasteiger partial charge in [0.25, 0.3) is 5.56 Å². The fourth-order valence-corrected chi connectivity index (χ4v) is 6.66. The van der Waals surface area contributed by atoms with E-state index in [0.717, 1.165) is 55.3 Å². The molecule has 0 saturated carbocycles. The average Bonchev–Trinajstić information content (AvgIpc) is 3.48. The summed E-state index contributed by atoms with van der Waals surface area (Å²) in [5.74, 6) is 3.29. The number of thiophene rings is 1. The number of hydrogen-bond acceptors (Lipinski definition) is 8. The minimum Gasteiger partial charge on any atom is -0.496 e. The van der Waals surface area contributed by atoms with Crippen molar-refractivity contribution in [2.24, 2.45) is 5.92 Å². The van der Waals surface area contributed by atoms with Gasteiger partial charge in [0, 0.05) is 43.1 Å². The lowest BCUT2D eigenvalue weighted by Gasteiger charge is -2.29. The van der Waals surface area contributed by atoms with Crippen LogP contribution >= 0.6 is 23.7 Å². The number of unbranched alkanes of at least 4 members (excludes halogenated alkanes) is 1. The van der Waals surface area contributed by atoms with Crippen molar-refractivity contribution >= 4 is 44.2 Å². The minimum absolute atomic E-state index is 0. The van der Waals surface area contributed by atoms with E-state index in [-0.39, 0.29) is 18.0 Å². The van der Waals surface area contributed by atoms with Gasteiger partial charge in [-0.2, -0.15) is 0 Å². The van der Waals surface area contributed by atoms with Gasteiger partial charge in [-0.15, -0.1) is 23.7 Å². The highest BCUT2D eigenvalue weighted by molar-refractivity contribution is 7.25. The number of H-pyrrole nitrogens is 1. The maximum Gasteiger partial charge on any atom is 0.328 e. The molecule has 11 heteroatoms. The van der Waals surface area contributed by atoms with Crippen LogP contribution in [0.3, 0.4) is 0 Å². The van der Waals surface area contributed by atoms with E-state index >= 15 is 0 Å². The Hall–Kier alpha value is -3.08. The average molecular weight is 545 g/mol. The molecule has 0 unspecified atom stereocenters. The molecule has 0 spiro atoms. The van der Waals surface area contributed by atoms with Gasteiger partial charge in [0.05, 0.1) is 37.2 Å². The number of aromatic nitrogens is 3. The minimum atomic E-state index is -0.391. The van der Waals surface area contributed by atoms with E-state index in [0.29, 0.717) is 39.9 Å². The molecule has 0 aliphatic carbocycles. The predicted octanol–water partition coefficient (Wildman–Crippen LogP) is 3.63. The van der Waals surface area contributed by atoms with E-state index in [4.69, 9.17) is 14.2 Å². The molecule has 4 aromatic rings. The van der Waals surface area contributed by atoms with Crippen LogP contribution in [0.2, 0.25) is 0 Å². The Kier molecular flexibility index (Phi) is 7.15. The number of ether oxygens (including phenoxy) is 3. The first-order valence-corrected chi connectivity index (χ1v) is 13.0. The number of benzene rings is 1. The summed E-state index contributed by atoms with van der Waals surface area (Å²) in [4.78, 5) is 35.6. The second-order valence-corrected chi connectivity index (χ2v) is 10.5. The van der Waals surface area contributed by atoms with Crippen LogP contribution < -0.4 is 25.5 Å². The summed E-state index contributed by atoms with van der Waals surface area (Å²) in [5, 5.41) is 0. The van der Waals surface area contributed by atoms with Gasteiger partial charge in [-0.05, 0) is 31.5 Å². The molecule has 37 heavy (non-hydrogen) atoms. The highest BCUT2D eigenvalue weighted by Crippen LogP contribution is 2.46. The van der Waals surface area contributed by atoms with Crippen LogP contribution in [0.5, 0.6) is 17.2 Å². The standard InChI is InChI=1S/C26H28N4O5S.ClH/c1-33-16-10-20-22(27-11-16)23-24(36-20)25(31)30(26(32)28-23)9-4-3-8-29-12-15-14-35-19-7-5-6-18(34-2)21(19)17(15)13-29;/h5-7,10-11,15,17H,3-4,8-9,12-14H2,1-2H3,(H,28,32);1H/t15-,17+;/m0./s1. The molecule has 6 rings (SSSR count). The summed E-state index contributed by atoms with van der Waals surface area (Å²) in [6, 6.07) is 7.83. The van der Waals surface area contributed by atoms with E-state index < -0.39 is 5.69 Å². The van der Waals surface area contributed by atoms with Crippen LogP contribution in [0.15, 0.2) is 40.1 Å². The van der Waals surface area contributed by atoms with E-state index in [1.54, 1.807) is 20.4 Å². The van der Waals surface area contributed by atoms with Gasteiger partial charge in [-0.25, -0.2) is 9.78 Å². The number of rotatable bonds is 7. The van der Waals surface area contributed by atoms with Crippen molar-refractivity contribution in [1.29, 1.82) is 0 Å². The molecule has 1 fully saturated rings. The number of halogens is 1. The number of pyridine rings is 1. The van der Waals surface area contributed by atoms with Gasteiger partial charge in [0.1, 0.15) is 27.5 Å². The van der Waals surface area contributed by atoms with Gasteiger partial charge in [0.2, 0.25) is 0 Å². The van der Waals surface area contributed by atoms with Crippen molar-refractivity contribution in [3.8, 4) is 17.2 Å². The molecular weight excluding hydrogens is 516 g/mol. The molecule has 0 bridgehead atoms. The molecule has 1 N–H and O–H groups in total. The Bertz CT molecular complexity index is 1550. The molecule has 0 amide bonds. The van der Waals surface area contributed by atoms with Crippen LogP contribution in [0.1, 0.15) is 24.3 Å². The third kappa shape index (κ3) is 4.47. The summed E-state index contributed by atoms with van der Waals surface area (Å²) in [5.41, 5.74) is 1.65. The normalized spacial score (nSPS) is 18.8. The summed E-state index contributed by atoms with van der Waals surface area (Å²) >= 11 is 1.33. The fourth-order valence-electron chi connectivity index (χ4n) is 5.57. The van der Waals surface area contributed by atoms with Gasteiger partial charge in [-0.3, -0.25) is 9.36 Å². The maximum absolute atomic E-state index is 13.1. The van der Waals surface area contributed by atoms with Gasteiger partial charge >= 0.3 is 5.69 Å². The molecule has 2 aliphatic heterocycles. The lowest BCUT2D eigenvalue weighted by Crippen LogP contribution is -2.34. The Labute approximate surface area is 223 Å². The molecular formula is C26H29ClN4O5S. The Balaban J connectivity index is 0.00000280. The summed E-state index contributed by atoms with van der Waals surface area (Å²) in [6.07, 6.45) is 3.23. The Morgan fingerprint density at radius 1 is 1.16 bits per heavy atom. The lowest BCUT2D eigenvalue weighted by atomic mass is 9.86. The molecule has 1 aromatic carbocycles. The topological polar surface area (TPSA) is 98.7 Å². The van der Waals surface area contributed by atoms with Crippen molar-refractivity contribution in [3.63, 3.8) is 0 Å². The zero-order valence-corrected chi connectivity index (χ0v) is 22.3. The van der Waals surface area contributed by atoms with Gasteiger partial charge in [-0.1, -0.05) is 6.07 Å².